The second kappa shape index (κ2) is 6.91. The van der Waals surface area contributed by atoms with E-state index in [-0.39, 0.29) is 12.3 Å². The molecule has 1 N–H and O–H groups in total. The van der Waals surface area contributed by atoms with Crippen LogP contribution in [0, 0.1) is 11.8 Å². The molecule has 20 heavy (non-hydrogen) atoms. The first-order chi connectivity index (χ1) is 9.74. The van der Waals surface area contributed by atoms with Gasteiger partial charge in [-0.25, -0.2) is 0 Å². The van der Waals surface area contributed by atoms with E-state index < -0.39 is 5.91 Å². The Labute approximate surface area is 117 Å². The highest BCUT2D eigenvalue weighted by molar-refractivity contribution is 6.05. The summed E-state index contributed by atoms with van der Waals surface area (Å²) >= 11 is 0. The van der Waals surface area contributed by atoms with E-state index in [9.17, 15) is 9.59 Å². The Kier molecular flexibility index (Phi) is 4.69. The van der Waals surface area contributed by atoms with Gasteiger partial charge < -0.3 is 0 Å². The molecule has 0 bridgehead atoms. The molecule has 0 aliphatic heterocycles. The van der Waals surface area contributed by atoms with Crippen molar-refractivity contribution in [3.63, 3.8) is 0 Å². The standard InChI is InChI=1S/C17H13NO2/c19-16(12-11-14-7-3-1-4-8-14)18-17(20)13-15-9-5-2-6-10-15/h1-10H,13H2,(H,18,19,20). The Hall–Kier alpha value is -2.86. The molecular formula is C17H13NO2. The molecule has 3 nitrogen and oxygen atoms in total. The zero-order valence-corrected chi connectivity index (χ0v) is 10.8. The first kappa shape index (κ1) is 13.6. The number of carbonyl (C=O) groups is 2. The lowest BCUT2D eigenvalue weighted by molar-refractivity contribution is -0.127. The van der Waals surface area contributed by atoms with Gasteiger partial charge in [-0.2, -0.15) is 0 Å². The molecule has 3 heteroatoms. The van der Waals surface area contributed by atoms with Crippen molar-refractivity contribution in [2.75, 3.05) is 0 Å². The van der Waals surface area contributed by atoms with Crippen LogP contribution >= 0.6 is 0 Å². The largest absolute Gasteiger partial charge is 0.302 e. The Morgan fingerprint density at radius 2 is 1.50 bits per heavy atom. The van der Waals surface area contributed by atoms with Crippen molar-refractivity contribution in [1.29, 1.82) is 0 Å². The third-order valence-electron chi connectivity index (χ3n) is 2.55. The van der Waals surface area contributed by atoms with E-state index in [0.717, 1.165) is 11.1 Å². The van der Waals surface area contributed by atoms with Crippen LogP contribution in [-0.4, -0.2) is 11.8 Å². The molecule has 2 aromatic carbocycles. The number of imide groups is 1. The molecule has 0 spiro atoms. The van der Waals surface area contributed by atoms with Crippen LogP contribution in [0.25, 0.3) is 0 Å². The van der Waals surface area contributed by atoms with Gasteiger partial charge in [-0.15, -0.1) is 0 Å². The molecule has 2 aromatic rings. The number of rotatable bonds is 2. The molecule has 0 aliphatic carbocycles. The van der Waals surface area contributed by atoms with Gasteiger partial charge in [0.25, 0.3) is 0 Å². The van der Waals surface area contributed by atoms with E-state index in [0.29, 0.717) is 0 Å². The number of amides is 2. The summed E-state index contributed by atoms with van der Waals surface area (Å²) < 4.78 is 0. The molecule has 2 rings (SSSR count). The van der Waals surface area contributed by atoms with Gasteiger partial charge >= 0.3 is 5.91 Å². The summed E-state index contributed by atoms with van der Waals surface area (Å²) in [6.07, 6.45) is 0.166. The van der Waals surface area contributed by atoms with Gasteiger partial charge in [0.15, 0.2) is 0 Å². The SMILES string of the molecule is O=C(C#Cc1ccccc1)NC(=O)Cc1ccccc1. The highest BCUT2D eigenvalue weighted by Crippen LogP contribution is 1.99. The summed E-state index contributed by atoms with van der Waals surface area (Å²) in [6.45, 7) is 0. The molecule has 0 atom stereocenters. The number of hydrogen-bond donors (Lipinski definition) is 1. The molecule has 98 valence electrons. The molecule has 2 amide bonds. The molecule has 0 radical (unpaired) electrons. The Balaban J connectivity index is 1.89. The predicted octanol–water partition coefficient (Wildman–Crippen LogP) is 1.92. The second-order valence-corrected chi connectivity index (χ2v) is 4.16. The van der Waals surface area contributed by atoms with E-state index in [1.54, 1.807) is 12.1 Å². The fourth-order valence-corrected chi connectivity index (χ4v) is 1.63. The average molecular weight is 263 g/mol. The minimum absolute atomic E-state index is 0.166. The van der Waals surface area contributed by atoms with Crippen molar-refractivity contribution >= 4 is 11.8 Å². The summed E-state index contributed by atoms with van der Waals surface area (Å²) in [5, 5.41) is 2.25. The lowest BCUT2D eigenvalue weighted by Gasteiger charge is -2.00. The monoisotopic (exact) mass is 263 g/mol. The lowest BCUT2D eigenvalue weighted by Crippen LogP contribution is -2.30. The number of carbonyl (C=O) groups excluding carboxylic acids is 2. The van der Waals surface area contributed by atoms with Crippen LogP contribution in [0.3, 0.4) is 0 Å². The summed E-state index contributed by atoms with van der Waals surface area (Å²) in [7, 11) is 0. The van der Waals surface area contributed by atoms with Gasteiger partial charge in [0.1, 0.15) is 0 Å². The van der Waals surface area contributed by atoms with E-state index in [1.807, 2.05) is 48.5 Å². The van der Waals surface area contributed by atoms with Crippen molar-refractivity contribution in [3.8, 4) is 11.8 Å². The van der Waals surface area contributed by atoms with E-state index in [4.69, 9.17) is 0 Å². The molecule has 0 unspecified atom stereocenters. The van der Waals surface area contributed by atoms with E-state index >= 15 is 0 Å². The maximum atomic E-state index is 11.6. The third-order valence-corrected chi connectivity index (χ3v) is 2.55. The van der Waals surface area contributed by atoms with E-state index in [2.05, 4.69) is 17.2 Å². The average Bonchev–Trinajstić information content (AvgIpc) is 2.47. The summed E-state index contributed by atoms with van der Waals surface area (Å²) in [6, 6.07) is 18.4. The zero-order chi connectivity index (χ0) is 14.2. The van der Waals surface area contributed by atoms with Crippen molar-refractivity contribution in [2.24, 2.45) is 0 Å². The molecule has 0 saturated carbocycles. The Bertz CT molecular complexity index is 652. The van der Waals surface area contributed by atoms with Crippen LogP contribution in [0.1, 0.15) is 11.1 Å². The first-order valence-corrected chi connectivity index (χ1v) is 6.19. The molecule has 0 heterocycles. The molecule has 0 aliphatic rings. The molecule has 0 fully saturated rings. The van der Waals surface area contributed by atoms with Crippen molar-refractivity contribution < 1.29 is 9.59 Å². The van der Waals surface area contributed by atoms with Crippen LogP contribution in [0.15, 0.2) is 60.7 Å². The number of nitrogens with one attached hydrogen (secondary N) is 1. The second-order valence-electron chi connectivity index (χ2n) is 4.16. The minimum Gasteiger partial charge on any atom is -0.285 e. The molecule has 0 aromatic heterocycles. The smallest absolute Gasteiger partial charge is 0.285 e. The van der Waals surface area contributed by atoms with Crippen molar-refractivity contribution in [2.45, 2.75) is 6.42 Å². The van der Waals surface area contributed by atoms with Crippen molar-refractivity contribution in [3.05, 3.63) is 71.8 Å². The maximum absolute atomic E-state index is 11.6. The van der Waals surface area contributed by atoms with Gasteiger partial charge in [0.2, 0.25) is 5.91 Å². The van der Waals surface area contributed by atoms with Gasteiger partial charge in [0.05, 0.1) is 6.42 Å². The predicted molar refractivity (Wildman–Crippen MR) is 76.6 cm³/mol. The zero-order valence-electron chi connectivity index (χ0n) is 10.8. The van der Waals surface area contributed by atoms with Crippen LogP contribution < -0.4 is 5.32 Å². The van der Waals surface area contributed by atoms with Gasteiger partial charge in [-0.1, -0.05) is 54.5 Å². The number of hydrogen-bond acceptors (Lipinski definition) is 2. The summed E-state index contributed by atoms with van der Waals surface area (Å²) in [4.78, 5) is 23.1. The lowest BCUT2D eigenvalue weighted by atomic mass is 10.1. The van der Waals surface area contributed by atoms with Crippen LogP contribution in [0.5, 0.6) is 0 Å². The Morgan fingerprint density at radius 3 is 2.15 bits per heavy atom. The van der Waals surface area contributed by atoms with Crippen LogP contribution in [0.2, 0.25) is 0 Å². The van der Waals surface area contributed by atoms with Crippen LogP contribution in [0.4, 0.5) is 0 Å². The topological polar surface area (TPSA) is 46.2 Å². The highest BCUT2D eigenvalue weighted by Gasteiger charge is 2.05. The molecular weight excluding hydrogens is 250 g/mol. The quantitative estimate of drug-likeness (QED) is 0.841. The highest BCUT2D eigenvalue weighted by atomic mass is 16.2. The first-order valence-electron chi connectivity index (χ1n) is 6.19. The number of benzene rings is 2. The maximum Gasteiger partial charge on any atom is 0.302 e. The summed E-state index contributed by atoms with van der Waals surface area (Å²) in [5.74, 6) is 4.15. The van der Waals surface area contributed by atoms with Gasteiger partial charge in [-0.3, -0.25) is 14.9 Å². The van der Waals surface area contributed by atoms with Gasteiger partial charge in [0, 0.05) is 11.5 Å². The fraction of sp³-hybridized carbons (Fsp3) is 0.0588. The Morgan fingerprint density at radius 1 is 0.900 bits per heavy atom. The third kappa shape index (κ3) is 4.43. The normalized spacial score (nSPS) is 9.20. The minimum atomic E-state index is -0.588. The van der Waals surface area contributed by atoms with Crippen molar-refractivity contribution in [1.82, 2.24) is 5.32 Å². The molecule has 0 saturated heterocycles. The summed E-state index contributed by atoms with van der Waals surface area (Å²) in [5.41, 5.74) is 1.59. The van der Waals surface area contributed by atoms with E-state index in [1.165, 1.54) is 0 Å². The van der Waals surface area contributed by atoms with Gasteiger partial charge in [-0.05, 0) is 17.7 Å². The fourth-order valence-electron chi connectivity index (χ4n) is 1.63. The van der Waals surface area contributed by atoms with Crippen LogP contribution in [-0.2, 0) is 16.0 Å².